The number of ether oxygens (including phenoxy) is 6. The highest BCUT2D eigenvalue weighted by atomic mass is 16.7. The van der Waals surface area contributed by atoms with E-state index in [1.165, 1.54) is 19.3 Å². The number of allylic oxidation sites excluding steroid dienone is 1. The zero-order valence-electron chi connectivity index (χ0n) is 25.7. The van der Waals surface area contributed by atoms with Gasteiger partial charge >= 0.3 is 0 Å². The van der Waals surface area contributed by atoms with Crippen molar-refractivity contribution in [2.45, 2.75) is 101 Å². The molecule has 234 valence electrons. The summed E-state index contributed by atoms with van der Waals surface area (Å²) < 4.78 is 38.7. The first-order valence-electron chi connectivity index (χ1n) is 16.3. The maximum absolute atomic E-state index is 6.64. The van der Waals surface area contributed by atoms with Crippen molar-refractivity contribution < 1.29 is 28.4 Å². The van der Waals surface area contributed by atoms with E-state index in [-0.39, 0.29) is 30.2 Å². The average Bonchev–Trinajstić information content (AvgIpc) is 3.46. The lowest BCUT2D eigenvalue weighted by Gasteiger charge is -2.39. The molecular formula is C38H46O6. The smallest absolute Gasteiger partial charge is 0.168 e. The lowest BCUT2D eigenvalue weighted by atomic mass is 9.94. The highest BCUT2D eigenvalue weighted by molar-refractivity contribution is 5.16. The third kappa shape index (κ3) is 8.80. The van der Waals surface area contributed by atoms with Crippen molar-refractivity contribution in [2.75, 3.05) is 13.2 Å². The molecule has 0 bridgehead atoms. The minimum atomic E-state index is -0.335. The molecule has 0 N–H and O–H groups in total. The Kier molecular flexibility index (Phi) is 11.2. The molecule has 4 atom stereocenters. The normalized spacial score (nSPS) is 25.7. The van der Waals surface area contributed by atoms with Gasteiger partial charge in [-0.1, -0.05) is 97.4 Å². The van der Waals surface area contributed by atoms with Crippen LogP contribution in [0, 0.1) is 0 Å². The van der Waals surface area contributed by atoms with Crippen LogP contribution in [0.1, 0.15) is 68.1 Å². The molecule has 0 radical (unpaired) electrons. The van der Waals surface area contributed by atoms with Gasteiger partial charge in [-0.05, 0) is 48.4 Å². The second kappa shape index (κ2) is 15.8. The molecule has 44 heavy (non-hydrogen) atoms. The van der Waals surface area contributed by atoms with Gasteiger partial charge in [0.15, 0.2) is 11.9 Å². The van der Waals surface area contributed by atoms with Crippen LogP contribution < -0.4 is 0 Å². The van der Waals surface area contributed by atoms with Crippen molar-refractivity contribution in [1.29, 1.82) is 0 Å². The van der Waals surface area contributed by atoms with Crippen LogP contribution in [0.2, 0.25) is 0 Å². The summed E-state index contributed by atoms with van der Waals surface area (Å²) >= 11 is 0. The first-order chi connectivity index (χ1) is 21.7. The first kappa shape index (κ1) is 31.0. The molecule has 2 heterocycles. The van der Waals surface area contributed by atoms with Gasteiger partial charge in [0.25, 0.3) is 0 Å². The Morgan fingerprint density at radius 1 is 0.727 bits per heavy atom. The number of rotatable bonds is 13. The molecule has 1 saturated carbocycles. The fourth-order valence-electron chi connectivity index (χ4n) is 6.45. The van der Waals surface area contributed by atoms with E-state index in [0.29, 0.717) is 39.5 Å². The molecule has 1 aliphatic carbocycles. The third-order valence-corrected chi connectivity index (χ3v) is 8.81. The van der Waals surface area contributed by atoms with Crippen LogP contribution in [-0.2, 0) is 48.2 Å². The van der Waals surface area contributed by atoms with E-state index >= 15 is 0 Å². The summed E-state index contributed by atoms with van der Waals surface area (Å²) in [6.07, 6.45) is 9.68. The Morgan fingerprint density at radius 3 is 2.00 bits per heavy atom. The molecule has 0 unspecified atom stereocenters. The molecule has 6 heteroatoms. The third-order valence-electron chi connectivity index (χ3n) is 8.81. The van der Waals surface area contributed by atoms with Crippen LogP contribution in [0.25, 0.3) is 0 Å². The fraction of sp³-hybridized carbons (Fsp3) is 0.474. The van der Waals surface area contributed by atoms with E-state index in [4.69, 9.17) is 28.4 Å². The van der Waals surface area contributed by atoms with E-state index in [1.54, 1.807) is 0 Å². The highest BCUT2D eigenvalue weighted by Crippen LogP contribution is 2.39. The Bertz CT molecular complexity index is 1270. The number of hydrogen-bond acceptors (Lipinski definition) is 6. The summed E-state index contributed by atoms with van der Waals surface area (Å²) in [5.74, 6) is 0.598. The lowest BCUT2D eigenvalue weighted by molar-refractivity contribution is -0.187. The van der Waals surface area contributed by atoms with Gasteiger partial charge in [-0.3, -0.25) is 0 Å². The molecule has 3 aromatic rings. The highest BCUT2D eigenvalue weighted by Gasteiger charge is 2.42. The number of benzene rings is 3. The van der Waals surface area contributed by atoms with Crippen LogP contribution in [0.4, 0.5) is 0 Å². The number of hydrogen-bond donors (Lipinski definition) is 0. The molecule has 2 aliphatic heterocycles. The standard InChI is InChI=1S/C38H46O6/c1-5-14-30(15-6-1)25-39-29-36-37(41-27-32-18-9-3-10-19-32)35(40-26-31-16-7-2-8-17-31)24-33(43-36)20-13-21-34-28-42-38(44-34)22-11-4-12-23-38/h1-3,5-10,14-20,34-37H,4,11-13,21-29H2/b33-20+/t34-,35+,36+,37-/m0/s1. The largest absolute Gasteiger partial charge is 0.490 e. The molecule has 6 rings (SSSR count). The second-order valence-electron chi connectivity index (χ2n) is 12.2. The van der Waals surface area contributed by atoms with Gasteiger partial charge in [0.05, 0.1) is 51.0 Å². The molecule has 3 fully saturated rings. The maximum atomic E-state index is 6.64. The Hall–Kier alpha value is -3.00. The van der Waals surface area contributed by atoms with Crippen LogP contribution in [0.5, 0.6) is 0 Å². The predicted molar refractivity (Wildman–Crippen MR) is 170 cm³/mol. The minimum Gasteiger partial charge on any atom is -0.490 e. The monoisotopic (exact) mass is 598 g/mol. The van der Waals surface area contributed by atoms with Crippen LogP contribution in [0.3, 0.4) is 0 Å². The Labute approximate surface area is 262 Å². The zero-order valence-corrected chi connectivity index (χ0v) is 25.7. The summed E-state index contributed by atoms with van der Waals surface area (Å²) in [6, 6.07) is 30.8. The van der Waals surface area contributed by atoms with Gasteiger partial charge < -0.3 is 28.4 Å². The van der Waals surface area contributed by atoms with Crippen LogP contribution >= 0.6 is 0 Å². The molecular weight excluding hydrogens is 552 g/mol. The Balaban J connectivity index is 1.14. The first-order valence-corrected chi connectivity index (χ1v) is 16.3. The van der Waals surface area contributed by atoms with Gasteiger partial charge in [0, 0.05) is 19.3 Å². The molecule has 3 aromatic carbocycles. The van der Waals surface area contributed by atoms with Crippen LogP contribution in [0.15, 0.2) is 103 Å². The lowest BCUT2D eigenvalue weighted by Crippen LogP contribution is -2.48. The second-order valence-corrected chi connectivity index (χ2v) is 12.2. The van der Waals surface area contributed by atoms with Crippen molar-refractivity contribution in [3.63, 3.8) is 0 Å². The topological polar surface area (TPSA) is 55.4 Å². The molecule has 3 aliphatic rings. The van der Waals surface area contributed by atoms with Gasteiger partial charge in [0.1, 0.15) is 6.10 Å². The van der Waals surface area contributed by atoms with E-state index in [1.807, 2.05) is 54.6 Å². The van der Waals surface area contributed by atoms with Gasteiger partial charge in [0.2, 0.25) is 0 Å². The summed E-state index contributed by atoms with van der Waals surface area (Å²) in [6.45, 7) is 2.59. The molecule has 0 aromatic heterocycles. The summed E-state index contributed by atoms with van der Waals surface area (Å²) in [5, 5.41) is 0. The van der Waals surface area contributed by atoms with Gasteiger partial charge in [-0.15, -0.1) is 0 Å². The van der Waals surface area contributed by atoms with Crippen molar-refractivity contribution in [3.05, 3.63) is 120 Å². The van der Waals surface area contributed by atoms with Crippen molar-refractivity contribution in [3.8, 4) is 0 Å². The van der Waals surface area contributed by atoms with Gasteiger partial charge in [-0.25, -0.2) is 0 Å². The SMILES string of the molecule is C(/CC[C@H]1COC2(CCCCC2)O1)=C1/C[C@@H](OCc2ccccc2)[C@H](OCc2ccccc2)[C@@H](COCc2ccccc2)O1. The van der Waals surface area contributed by atoms with E-state index in [0.717, 1.165) is 48.1 Å². The van der Waals surface area contributed by atoms with Crippen molar-refractivity contribution in [1.82, 2.24) is 0 Å². The molecule has 1 spiro atoms. The van der Waals surface area contributed by atoms with Crippen LogP contribution in [-0.4, -0.2) is 43.4 Å². The molecule has 6 nitrogen and oxygen atoms in total. The summed E-state index contributed by atoms with van der Waals surface area (Å²) in [7, 11) is 0. The average molecular weight is 599 g/mol. The Morgan fingerprint density at radius 2 is 1.34 bits per heavy atom. The maximum Gasteiger partial charge on any atom is 0.168 e. The summed E-state index contributed by atoms with van der Waals surface area (Å²) in [4.78, 5) is 0. The van der Waals surface area contributed by atoms with E-state index in [2.05, 4.69) is 42.5 Å². The van der Waals surface area contributed by atoms with Crippen molar-refractivity contribution >= 4 is 0 Å². The minimum absolute atomic E-state index is 0.130. The quantitative estimate of drug-likeness (QED) is 0.199. The van der Waals surface area contributed by atoms with Gasteiger partial charge in [-0.2, -0.15) is 0 Å². The van der Waals surface area contributed by atoms with Crippen molar-refractivity contribution in [2.24, 2.45) is 0 Å². The van der Waals surface area contributed by atoms with E-state index in [9.17, 15) is 0 Å². The predicted octanol–water partition coefficient (Wildman–Crippen LogP) is 7.90. The zero-order chi connectivity index (χ0) is 29.9. The fourth-order valence-corrected chi connectivity index (χ4v) is 6.45. The molecule has 2 saturated heterocycles. The summed E-state index contributed by atoms with van der Waals surface area (Å²) in [5.41, 5.74) is 3.39. The van der Waals surface area contributed by atoms with E-state index < -0.39 is 0 Å². The molecule has 0 amide bonds.